The highest BCUT2D eigenvalue weighted by Crippen LogP contribution is 2.47. The van der Waals surface area contributed by atoms with E-state index in [2.05, 4.69) is 0 Å². The van der Waals surface area contributed by atoms with E-state index in [1.165, 1.54) is 0 Å². The molecule has 102 valence electrons. The smallest absolute Gasteiger partial charge is 0.330 e. The van der Waals surface area contributed by atoms with E-state index in [0.29, 0.717) is 0 Å². The number of hydrogen-bond donors (Lipinski definition) is 6. The summed E-state index contributed by atoms with van der Waals surface area (Å²) in [5.74, 6) is -1.58. The molecular weight excluding hydrogens is 286 g/mol. The monoisotopic (exact) mass is 298 g/mol. The van der Waals surface area contributed by atoms with Crippen molar-refractivity contribution in [2.45, 2.75) is 12.3 Å². The van der Waals surface area contributed by atoms with Crippen LogP contribution >= 0.6 is 15.2 Å². The first kappa shape index (κ1) is 15.2. The SMILES string of the molecule is O=P(O)(O)Cc1ccc(CP(=O)(O)O)c(O)c1O. The van der Waals surface area contributed by atoms with E-state index < -0.39 is 39.0 Å². The van der Waals surface area contributed by atoms with Crippen molar-refractivity contribution in [1.82, 2.24) is 0 Å². The molecule has 0 amide bonds. The maximum atomic E-state index is 10.8. The molecule has 6 N–H and O–H groups in total. The van der Waals surface area contributed by atoms with Crippen LogP contribution in [0.4, 0.5) is 0 Å². The van der Waals surface area contributed by atoms with Crippen molar-refractivity contribution in [3.8, 4) is 11.5 Å². The summed E-state index contributed by atoms with van der Waals surface area (Å²) >= 11 is 0. The maximum Gasteiger partial charge on any atom is 0.330 e. The lowest BCUT2D eigenvalue weighted by atomic mass is 10.1. The molecule has 0 radical (unpaired) electrons. The highest BCUT2D eigenvalue weighted by molar-refractivity contribution is 7.51. The van der Waals surface area contributed by atoms with Gasteiger partial charge in [-0.3, -0.25) is 9.13 Å². The Morgan fingerprint density at radius 1 is 0.778 bits per heavy atom. The lowest BCUT2D eigenvalue weighted by molar-refractivity contribution is 0.362. The van der Waals surface area contributed by atoms with E-state index in [0.717, 1.165) is 12.1 Å². The summed E-state index contributed by atoms with van der Waals surface area (Å²) in [6.45, 7) is 0. The van der Waals surface area contributed by atoms with Gasteiger partial charge in [0.05, 0.1) is 12.3 Å². The standard InChI is InChI=1S/C8H12O8P2/c9-7-5(3-17(11,12)13)1-2-6(8(7)10)4-18(14,15)16/h1-2,9-10H,3-4H2,(H2,11,12,13)(H2,14,15,16). The molecule has 0 aliphatic carbocycles. The van der Waals surface area contributed by atoms with E-state index >= 15 is 0 Å². The minimum absolute atomic E-state index is 0.199. The van der Waals surface area contributed by atoms with Gasteiger partial charge in [0.2, 0.25) is 0 Å². The average Bonchev–Trinajstić information content (AvgIpc) is 2.14. The summed E-state index contributed by atoms with van der Waals surface area (Å²) in [6.07, 6.45) is -1.55. The molecule has 0 fully saturated rings. The topological polar surface area (TPSA) is 156 Å². The molecule has 0 saturated heterocycles. The van der Waals surface area contributed by atoms with E-state index in [1.54, 1.807) is 0 Å². The summed E-state index contributed by atoms with van der Waals surface area (Å²) < 4.78 is 21.5. The third kappa shape index (κ3) is 4.42. The number of phenolic OH excluding ortho intramolecular Hbond substituents is 2. The summed E-state index contributed by atoms with van der Waals surface area (Å²) in [5, 5.41) is 19.0. The molecule has 0 saturated carbocycles. The molecule has 0 aliphatic heterocycles. The molecule has 0 spiro atoms. The molecule has 0 heterocycles. The second kappa shape index (κ2) is 5.01. The van der Waals surface area contributed by atoms with Crippen LogP contribution in [-0.4, -0.2) is 29.8 Å². The first-order valence-electron chi connectivity index (χ1n) is 4.61. The molecular formula is C8H12O8P2. The molecule has 1 aromatic rings. The number of hydrogen-bond acceptors (Lipinski definition) is 4. The highest BCUT2D eigenvalue weighted by atomic mass is 31.2. The zero-order valence-corrected chi connectivity index (χ0v) is 10.8. The van der Waals surface area contributed by atoms with Gasteiger partial charge in [0.25, 0.3) is 0 Å². The van der Waals surface area contributed by atoms with Gasteiger partial charge in [0.1, 0.15) is 0 Å². The van der Waals surface area contributed by atoms with Crippen LogP contribution in [0.2, 0.25) is 0 Å². The van der Waals surface area contributed by atoms with Gasteiger partial charge >= 0.3 is 15.2 Å². The van der Waals surface area contributed by atoms with Gasteiger partial charge in [-0.2, -0.15) is 0 Å². The second-order valence-corrected chi connectivity index (χ2v) is 7.02. The van der Waals surface area contributed by atoms with Crippen LogP contribution in [-0.2, 0) is 21.5 Å². The lowest BCUT2D eigenvalue weighted by Crippen LogP contribution is -1.93. The second-order valence-electron chi connectivity index (χ2n) is 3.73. The van der Waals surface area contributed by atoms with E-state index in [9.17, 15) is 19.3 Å². The van der Waals surface area contributed by atoms with Gasteiger partial charge in [-0.1, -0.05) is 12.1 Å². The molecule has 0 bridgehead atoms. The molecule has 10 heteroatoms. The van der Waals surface area contributed by atoms with Crippen molar-refractivity contribution in [2.75, 3.05) is 0 Å². The normalized spacial score (nSPS) is 12.7. The Kier molecular flexibility index (Phi) is 4.23. The zero-order valence-electron chi connectivity index (χ0n) is 8.96. The fraction of sp³-hybridized carbons (Fsp3) is 0.250. The molecule has 8 nitrogen and oxygen atoms in total. The van der Waals surface area contributed by atoms with Gasteiger partial charge < -0.3 is 29.8 Å². The Hall–Kier alpha value is -0.880. The Bertz CT molecular complexity index is 493. The first-order chi connectivity index (χ1) is 7.99. The van der Waals surface area contributed by atoms with Crippen LogP contribution < -0.4 is 0 Å². The fourth-order valence-electron chi connectivity index (χ4n) is 1.36. The van der Waals surface area contributed by atoms with E-state index in [-0.39, 0.29) is 11.1 Å². The Balaban J connectivity index is 3.13. The van der Waals surface area contributed by atoms with Gasteiger partial charge in [-0.25, -0.2) is 0 Å². The minimum Gasteiger partial charge on any atom is -0.504 e. The van der Waals surface area contributed by atoms with Crippen molar-refractivity contribution in [3.63, 3.8) is 0 Å². The van der Waals surface area contributed by atoms with Crippen molar-refractivity contribution in [2.24, 2.45) is 0 Å². The number of phenols is 2. The summed E-state index contributed by atoms with van der Waals surface area (Å²) in [6, 6.07) is 2.19. The maximum absolute atomic E-state index is 10.8. The Labute approximate surface area is 102 Å². The molecule has 1 aromatic carbocycles. The molecule has 0 unspecified atom stereocenters. The number of benzene rings is 1. The largest absolute Gasteiger partial charge is 0.504 e. The van der Waals surface area contributed by atoms with E-state index in [4.69, 9.17) is 19.6 Å². The quantitative estimate of drug-likeness (QED) is 0.345. The van der Waals surface area contributed by atoms with Crippen LogP contribution in [0.15, 0.2) is 12.1 Å². The van der Waals surface area contributed by atoms with Gasteiger partial charge in [-0.05, 0) is 0 Å². The fourth-order valence-corrected chi connectivity index (χ4v) is 2.76. The zero-order chi connectivity index (χ0) is 14.1. The van der Waals surface area contributed by atoms with Crippen LogP contribution in [0.3, 0.4) is 0 Å². The molecule has 0 atom stereocenters. The first-order valence-corrected chi connectivity index (χ1v) is 8.21. The highest BCUT2D eigenvalue weighted by Gasteiger charge is 2.23. The lowest BCUT2D eigenvalue weighted by Gasteiger charge is -2.12. The van der Waals surface area contributed by atoms with Crippen LogP contribution in [0, 0.1) is 0 Å². The van der Waals surface area contributed by atoms with Crippen molar-refractivity contribution in [3.05, 3.63) is 23.3 Å². The van der Waals surface area contributed by atoms with Crippen molar-refractivity contribution >= 4 is 15.2 Å². The third-order valence-electron chi connectivity index (χ3n) is 2.07. The van der Waals surface area contributed by atoms with Crippen LogP contribution in [0.5, 0.6) is 11.5 Å². The minimum atomic E-state index is -4.42. The van der Waals surface area contributed by atoms with Crippen molar-refractivity contribution < 1.29 is 38.9 Å². The Morgan fingerprint density at radius 2 is 1.06 bits per heavy atom. The number of aromatic hydroxyl groups is 2. The van der Waals surface area contributed by atoms with E-state index in [1.807, 2.05) is 0 Å². The molecule has 18 heavy (non-hydrogen) atoms. The third-order valence-corrected chi connectivity index (χ3v) is 3.58. The predicted molar refractivity (Wildman–Crippen MR) is 61.3 cm³/mol. The predicted octanol–water partition coefficient (Wildman–Crippen LogP) is 0.453. The van der Waals surface area contributed by atoms with Crippen LogP contribution in [0.25, 0.3) is 0 Å². The average molecular weight is 298 g/mol. The summed E-state index contributed by atoms with van der Waals surface area (Å²) in [4.78, 5) is 34.9. The van der Waals surface area contributed by atoms with Crippen molar-refractivity contribution in [1.29, 1.82) is 0 Å². The molecule has 1 rings (SSSR count). The summed E-state index contributed by atoms with van der Waals surface area (Å²) in [5.41, 5.74) is -0.398. The van der Waals surface area contributed by atoms with Gasteiger partial charge in [0, 0.05) is 11.1 Å². The van der Waals surface area contributed by atoms with Crippen LogP contribution in [0.1, 0.15) is 11.1 Å². The number of rotatable bonds is 4. The van der Waals surface area contributed by atoms with Gasteiger partial charge in [-0.15, -0.1) is 0 Å². The van der Waals surface area contributed by atoms with Gasteiger partial charge in [0.15, 0.2) is 11.5 Å². The summed E-state index contributed by atoms with van der Waals surface area (Å²) in [7, 11) is -8.83. The molecule has 0 aliphatic rings. The Morgan fingerprint density at radius 3 is 1.28 bits per heavy atom. The molecule has 0 aromatic heterocycles.